The standard InChI is InChI=1S/C26H26N6O/c1-3-31-20-10-9-17(13-19(20)29-24(31)16-7-5-4-6-8-16)21-22-23(27)28-11-12-32(22)25(30-21)18-14-26(2,33)15-18/h4-13,18,33H,3,14-15H2,1-2H3,(H2,27,28). The van der Waals surface area contributed by atoms with E-state index in [0.29, 0.717) is 18.7 Å². The molecule has 0 aliphatic heterocycles. The van der Waals surface area contributed by atoms with Gasteiger partial charge in [-0.1, -0.05) is 36.4 Å². The smallest absolute Gasteiger partial charge is 0.150 e. The predicted octanol–water partition coefficient (Wildman–Crippen LogP) is 4.64. The van der Waals surface area contributed by atoms with Crippen molar-refractivity contribution >= 4 is 22.4 Å². The van der Waals surface area contributed by atoms with E-state index in [-0.39, 0.29) is 5.92 Å². The van der Waals surface area contributed by atoms with E-state index in [1.165, 1.54) is 0 Å². The van der Waals surface area contributed by atoms with Gasteiger partial charge in [0.15, 0.2) is 0 Å². The molecule has 166 valence electrons. The van der Waals surface area contributed by atoms with Gasteiger partial charge in [0.05, 0.1) is 16.6 Å². The molecule has 5 aromatic rings. The van der Waals surface area contributed by atoms with E-state index >= 15 is 0 Å². The molecule has 1 fully saturated rings. The lowest BCUT2D eigenvalue weighted by atomic mass is 9.72. The highest BCUT2D eigenvalue weighted by molar-refractivity contribution is 5.91. The van der Waals surface area contributed by atoms with Gasteiger partial charge in [-0.05, 0) is 38.8 Å². The summed E-state index contributed by atoms with van der Waals surface area (Å²) in [6.07, 6.45) is 4.98. The minimum Gasteiger partial charge on any atom is -0.390 e. The average molecular weight is 439 g/mol. The fourth-order valence-electron chi connectivity index (χ4n) is 5.17. The van der Waals surface area contributed by atoms with Gasteiger partial charge in [-0.3, -0.25) is 4.40 Å². The molecule has 3 heterocycles. The number of benzene rings is 2. The topological polar surface area (TPSA) is 94.3 Å². The number of hydrogen-bond donors (Lipinski definition) is 2. The largest absolute Gasteiger partial charge is 0.390 e. The molecule has 1 aliphatic rings. The van der Waals surface area contributed by atoms with E-state index in [9.17, 15) is 5.11 Å². The summed E-state index contributed by atoms with van der Waals surface area (Å²) in [6.45, 7) is 4.84. The lowest BCUT2D eigenvalue weighted by molar-refractivity contribution is -0.0335. The first-order chi connectivity index (χ1) is 15.9. The van der Waals surface area contributed by atoms with Crippen LogP contribution in [0.3, 0.4) is 0 Å². The van der Waals surface area contributed by atoms with Gasteiger partial charge in [0, 0.05) is 36.0 Å². The van der Waals surface area contributed by atoms with Gasteiger partial charge < -0.3 is 15.4 Å². The van der Waals surface area contributed by atoms with Gasteiger partial charge in [0.1, 0.15) is 28.7 Å². The van der Waals surface area contributed by atoms with Crippen LogP contribution >= 0.6 is 0 Å². The number of anilines is 1. The van der Waals surface area contributed by atoms with Crippen molar-refractivity contribution in [3.8, 4) is 22.6 Å². The number of nitrogens with zero attached hydrogens (tertiary/aromatic N) is 5. The van der Waals surface area contributed by atoms with Crippen LogP contribution in [0.4, 0.5) is 5.82 Å². The highest BCUT2D eigenvalue weighted by atomic mass is 16.3. The van der Waals surface area contributed by atoms with Crippen LogP contribution in [0, 0.1) is 0 Å². The van der Waals surface area contributed by atoms with Crippen LogP contribution in [0.15, 0.2) is 60.9 Å². The lowest BCUT2D eigenvalue weighted by Crippen LogP contribution is -2.40. The molecule has 6 rings (SSSR count). The Labute approximate surface area is 191 Å². The molecule has 7 nitrogen and oxygen atoms in total. The number of nitrogens with two attached hydrogens (primary N) is 1. The number of aliphatic hydroxyl groups is 1. The van der Waals surface area contributed by atoms with Crippen molar-refractivity contribution in [2.45, 2.75) is 44.8 Å². The van der Waals surface area contributed by atoms with E-state index in [0.717, 1.165) is 51.6 Å². The second kappa shape index (κ2) is 7.15. The van der Waals surface area contributed by atoms with Crippen molar-refractivity contribution in [3.05, 3.63) is 66.7 Å². The molecule has 1 saturated carbocycles. The third-order valence-corrected chi connectivity index (χ3v) is 6.72. The molecule has 3 N–H and O–H groups in total. The monoisotopic (exact) mass is 438 g/mol. The zero-order chi connectivity index (χ0) is 22.7. The molecule has 0 atom stereocenters. The highest BCUT2D eigenvalue weighted by Crippen LogP contribution is 2.45. The molecule has 1 aliphatic carbocycles. The first kappa shape index (κ1) is 19.9. The van der Waals surface area contributed by atoms with E-state index in [2.05, 4.69) is 46.8 Å². The molecule has 0 amide bonds. The molecule has 0 saturated heterocycles. The van der Waals surface area contributed by atoms with Gasteiger partial charge in [0.2, 0.25) is 0 Å². The Morgan fingerprint density at radius 3 is 2.61 bits per heavy atom. The van der Waals surface area contributed by atoms with Crippen LogP contribution in [0.2, 0.25) is 0 Å². The van der Waals surface area contributed by atoms with Gasteiger partial charge in [-0.2, -0.15) is 0 Å². The Balaban J connectivity index is 1.52. The number of aryl methyl sites for hydroxylation is 1. The number of fused-ring (bicyclic) bond motifs is 2. The molecule has 3 aromatic heterocycles. The molecule has 2 aromatic carbocycles. The van der Waals surface area contributed by atoms with Crippen LogP contribution in [-0.4, -0.2) is 34.6 Å². The first-order valence-corrected chi connectivity index (χ1v) is 11.4. The highest BCUT2D eigenvalue weighted by Gasteiger charge is 2.41. The van der Waals surface area contributed by atoms with Crippen LogP contribution in [0.5, 0.6) is 0 Å². The Kier molecular flexibility index (Phi) is 4.32. The Morgan fingerprint density at radius 2 is 1.88 bits per heavy atom. The van der Waals surface area contributed by atoms with Crippen LogP contribution < -0.4 is 5.73 Å². The van der Waals surface area contributed by atoms with E-state index < -0.39 is 5.60 Å². The van der Waals surface area contributed by atoms with Crippen molar-refractivity contribution in [3.63, 3.8) is 0 Å². The number of hydrogen-bond acceptors (Lipinski definition) is 5. The summed E-state index contributed by atoms with van der Waals surface area (Å²) >= 11 is 0. The second-order valence-corrected chi connectivity index (χ2v) is 9.20. The zero-order valence-electron chi connectivity index (χ0n) is 18.7. The summed E-state index contributed by atoms with van der Waals surface area (Å²) in [5.41, 5.74) is 11.4. The van der Waals surface area contributed by atoms with Crippen molar-refractivity contribution in [2.75, 3.05) is 5.73 Å². The van der Waals surface area contributed by atoms with Crippen LogP contribution in [-0.2, 0) is 6.54 Å². The quantitative estimate of drug-likeness (QED) is 0.426. The molecule has 0 spiro atoms. The first-order valence-electron chi connectivity index (χ1n) is 11.4. The van der Waals surface area contributed by atoms with Crippen molar-refractivity contribution in [2.24, 2.45) is 0 Å². The third kappa shape index (κ3) is 3.11. The Morgan fingerprint density at radius 1 is 1.09 bits per heavy atom. The molecular formula is C26H26N6O. The number of nitrogen functional groups attached to an aromatic ring is 1. The summed E-state index contributed by atoms with van der Waals surface area (Å²) in [4.78, 5) is 14.3. The SMILES string of the molecule is CCn1c(-c2ccccc2)nc2cc(-c3nc(C4CC(C)(O)C4)n4ccnc(N)c34)ccc21. The predicted molar refractivity (Wildman–Crippen MR) is 130 cm³/mol. The number of imidazole rings is 2. The van der Waals surface area contributed by atoms with Crippen molar-refractivity contribution < 1.29 is 5.11 Å². The minimum atomic E-state index is -0.630. The zero-order valence-corrected chi connectivity index (χ0v) is 18.7. The molecule has 33 heavy (non-hydrogen) atoms. The van der Waals surface area contributed by atoms with E-state index in [4.69, 9.17) is 15.7 Å². The average Bonchev–Trinajstić information content (AvgIpc) is 3.37. The fraction of sp³-hybridized carbons (Fsp3) is 0.269. The summed E-state index contributed by atoms with van der Waals surface area (Å²) < 4.78 is 4.26. The second-order valence-electron chi connectivity index (χ2n) is 9.20. The molecule has 7 heteroatoms. The summed E-state index contributed by atoms with van der Waals surface area (Å²) in [6, 6.07) is 16.5. The summed E-state index contributed by atoms with van der Waals surface area (Å²) in [7, 11) is 0. The summed E-state index contributed by atoms with van der Waals surface area (Å²) in [5, 5.41) is 10.3. The molecule has 0 unspecified atom stereocenters. The molecule has 0 bridgehead atoms. The minimum absolute atomic E-state index is 0.191. The Bertz CT molecular complexity index is 1490. The maximum Gasteiger partial charge on any atom is 0.150 e. The maximum atomic E-state index is 10.3. The van der Waals surface area contributed by atoms with E-state index in [1.807, 2.05) is 35.7 Å². The third-order valence-electron chi connectivity index (χ3n) is 6.72. The summed E-state index contributed by atoms with van der Waals surface area (Å²) in [5.74, 6) is 2.51. The maximum absolute atomic E-state index is 10.3. The normalized spacial score (nSPS) is 20.4. The van der Waals surface area contributed by atoms with Gasteiger partial charge in [-0.15, -0.1) is 0 Å². The van der Waals surface area contributed by atoms with Crippen LogP contribution in [0.1, 0.15) is 38.4 Å². The van der Waals surface area contributed by atoms with Gasteiger partial charge in [0.25, 0.3) is 0 Å². The van der Waals surface area contributed by atoms with Crippen molar-refractivity contribution in [1.29, 1.82) is 0 Å². The lowest BCUT2D eigenvalue weighted by Gasteiger charge is -2.40. The van der Waals surface area contributed by atoms with Crippen LogP contribution in [0.25, 0.3) is 39.2 Å². The number of rotatable bonds is 4. The number of aromatic nitrogens is 5. The van der Waals surface area contributed by atoms with Gasteiger partial charge >= 0.3 is 0 Å². The van der Waals surface area contributed by atoms with Gasteiger partial charge in [-0.25, -0.2) is 15.0 Å². The van der Waals surface area contributed by atoms with Crippen molar-refractivity contribution in [1.82, 2.24) is 23.9 Å². The molecular weight excluding hydrogens is 412 g/mol. The van der Waals surface area contributed by atoms with E-state index in [1.54, 1.807) is 6.20 Å². The Hall–Kier alpha value is -3.71. The fourth-order valence-corrected chi connectivity index (χ4v) is 5.17. The molecule has 0 radical (unpaired) electrons.